The van der Waals surface area contributed by atoms with Crippen molar-refractivity contribution in [3.8, 4) is 0 Å². The fourth-order valence-electron chi connectivity index (χ4n) is 4.92. The molecule has 2 atom stereocenters. The number of allylic oxidation sites excluding steroid dienone is 9. The summed E-state index contributed by atoms with van der Waals surface area (Å²) in [5.74, 6) is 0.631. The molecule has 34 heavy (non-hydrogen) atoms. The molecule has 5 N–H and O–H groups in total. The van der Waals surface area contributed by atoms with E-state index in [-0.39, 0.29) is 5.41 Å². The van der Waals surface area contributed by atoms with Crippen molar-refractivity contribution in [3.05, 3.63) is 112 Å². The molecule has 176 valence electrons. The molecule has 0 saturated heterocycles. The Balaban J connectivity index is 1.67. The van der Waals surface area contributed by atoms with E-state index in [1.54, 1.807) is 0 Å². The fourth-order valence-corrected chi connectivity index (χ4v) is 4.92. The number of hydrogen-bond donors (Lipinski definition) is 3. The van der Waals surface area contributed by atoms with Crippen LogP contribution in [0.4, 0.5) is 11.4 Å². The lowest BCUT2D eigenvalue weighted by molar-refractivity contribution is 0.655. The van der Waals surface area contributed by atoms with Crippen molar-refractivity contribution in [2.75, 3.05) is 17.6 Å². The summed E-state index contributed by atoms with van der Waals surface area (Å²) in [4.78, 5) is 0. The van der Waals surface area contributed by atoms with Crippen LogP contribution < -0.4 is 16.8 Å². The molecule has 2 aliphatic carbocycles. The Bertz CT molecular complexity index is 1220. The highest BCUT2D eigenvalue weighted by Gasteiger charge is 2.40. The van der Waals surface area contributed by atoms with E-state index in [0.717, 1.165) is 23.6 Å². The summed E-state index contributed by atoms with van der Waals surface area (Å²) in [7, 11) is 0. The lowest BCUT2D eigenvalue weighted by atomic mass is 9.77. The molecule has 2 aromatic carbocycles. The summed E-state index contributed by atoms with van der Waals surface area (Å²) in [6.45, 7) is 11.9. The van der Waals surface area contributed by atoms with Gasteiger partial charge in [0.05, 0.1) is 0 Å². The largest absolute Gasteiger partial charge is 0.402 e. The van der Waals surface area contributed by atoms with Gasteiger partial charge >= 0.3 is 0 Å². The van der Waals surface area contributed by atoms with Crippen molar-refractivity contribution >= 4 is 16.9 Å². The van der Waals surface area contributed by atoms with E-state index in [1.165, 1.54) is 33.4 Å². The number of fused-ring (bicyclic) bond motifs is 3. The molecule has 0 radical (unpaired) electrons. The molecular formula is C31H37N3. The van der Waals surface area contributed by atoms with Crippen LogP contribution in [0.2, 0.25) is 0 Å². The van der Waals surface area contributed by atoms with Crippen molar-refractivity contribution in [3.63, 3.8) is 0 Å². The van der Waals surface area contributed by atoms with Crippen LogP contribution in [0.15, 0.2) is 101 Å². The Morgan fingerprint density at radius 1 is 1.12 bits per heavy atom. The monoisotopic (exact) mass is 451 g/mol. The van der Waals surface area contributed by atoms with Crippen molar-refractivity contribution in [2.45, 2.75) is 40.0 Å². The topological polar surface area (TPSA) is 64.1 Å². The van der Waals surface area contributed by atoms with Gasteiger partial charge in [0.25, 0.3) is 0 Å². The standard InChI is InChI=1S/C31H37N3/c1-20-15-28-27-14-13-25(33)18-30(27)31(4,5)29(28)17-24(20)16-23(12-11-22(3)32)21(2)19-34-26-9-7-6-8-10-26/h6-18,20-21,34H,19,32-33H2,1-5H3/b22-11+,23-12-,24-16-. The first kappa shape index (κ1) is 23.7. The number of nitrogen functional groups attached to an aromatic ring is 1. The molecule has 0 fully saturated rings. The molecular weight excluding hydrogens is 414 g/mol. The fraction of sp³-hybridized carbons (Fsp3) is 0.290. The molecule has 0 heterocycles. The van der Waals surface area contributed by atoms with E-state index >= 15 is 0 Å². The van der Waals surface area contributed by atoms with Crippen LogP contribution in [0.1, 0.15) is 45.7 Å². The minimum Gasteiger partial charge on any atom is -0.402 e. The summed E-state index contributed by atoms with van der Waals surface area (Å²) < 4.78 is 0. The highest BCUT2D eigenvalue weighted by Crippen LogP contribution is 2.53. The first-order valence-electron chi connectivity index (χ1n) is 12.2. The van der Waals surface area contributed by atoms with Gasteiger partial charge in [-0.2, -0.15) is 0 Å². The Hall–Kier alpha value is -3.46. The predicted molar refractivity (Wildman–Crippen MR) is 147 cm³/mol. The average Bonchev–Trinajstić information content (AvgIpc) is 3.01. The van der Waals surface area contributed by atoms with Crippen molar-refractivity contribution in [2.24, 2.45) is 17.6 Å². The van der Waals surface area contributed by atoms with Gasteiger partial charge in [0.1, 0.15) is 0 Å². The zero-order valence-corrected chi connectivity index (χ0v) is 21.0. The van der Waals surface area contributed by atoms with E-state index in [4.69, 9.17) is 11.5 Å². The molecule has 2 unspecified atom stereocenters. The van der Waals surface area contributed by atoms with E-state index in [9.17, 15) is 0 Å². The van der Waals surface area contributed by atoms with Crippen molar-refractivity contribution in [1.29, 1.82) is 0 Å². The van der Waals surface area contributed by atoms with Crippen LogP contribution in [-0.2, 0) is 5.41 Å². The highest BCUT2D eigenvalue weighted by atomic mass is 14.9. The van der Waals surface area contributed by atoms with E-state index in [2.05, 4.69) is 93.7 Å². The first-order valence-corrected chi connectivity index (χ1v) is 12.2. The molecule has 0 aromatic heterocycles. The number of nitrogens with two attached hydrogens (primary N) is 2. The van der Waals surface area contributed by atoms with Gasteiger partial charge in [0, 0.05) is 29.0 Å². The number of para-hydroxylation sites is 1. The van der Waals surface area contributed by atoms with E-state index in [0.29, 0.717) is 11.8 Å². The van der Waals surface area contributed by atoms with Crippen LogP contribution in [0.5, 0.6) is 0 Å². The molecule has 3 nitrogen and oxygen atoms in total. The Morgan fingerprint density at radius 2 is 1.85 bits per heavy atom. The van der Waals surface area contributed by atoms with Gasteiger partial charge in [-0.15, -0.1) is 0 Å². The second-order valence-electron chi connectivity index (χ2n) is 10.2. The first-order chi connectivity index (χ1) is 16.2. The molecule has 2 aromatic rings. The van der Waals surface area contributed by atoms with E-state index in [1.807, 2.05) is 25.1 Å². The summed E-state index contributed by atoms with van der Waals surface area (Å²) in [5.41, 5.74) is 22.8. The summed E-state index contributed by atoms with van der Waals surface area (Å²) in [6.07, 6.45) is 11.3. The van der Waals surface area contributed by atoms with Crippen LogP contribution in [0.3, 0.4) is 0 Å². The summed E-state index contributed by atoms with van der Waals surface area (Å²) in [6, 6.07) is 16.7. The van der Waals surface area contributed by atoms with Gasteiger partial charge < -0.3 is 16.8 Å². The number of benzene rings is 2. The second-order valence-corrected chi connectivity index (χ2v) is 10.2. The van der Waals surface area contributed by atoms with Crippen LogP contribution in [0.25, 0.3) is 5.57 Å². The zero-order chi connectivity index (χ0) is 24.5. The van der Waals surface area contributed by atoms with Gasteiger partial charge in [-0.1, -0.05) is 76.3 Å². The molecule has 0 spiro atoms. The minimum atomic E-state index is -0.0755. The van der Waals surface area contributed by atoms with Crippen LogP contribution >= 0.6 is 0 Å². The second kappa shape index (κ2) is 9.42. The number of anilines is 2. The molecule has 2 aliphatic rings. The van der Waals surface area contributed by atoms with Crippen molar-refractivity contribution < 1.29 is 0 Å². The Morgan fingerprint density at radius 3 is 2.56 bits per heavy atom. The smallest absolute Gasteiger partial charge is 0.0340 e. The SMILES string of the molecule is C\C(N)=C/C=C(/C=C1/C=C2C(=CC1C)c1ccc(N)cc1C2(C)C)C(C)CNc1ccccc1. The lowest BCUT2D eigenvalue weighted by Crippen LogP contribution is -2.18. The third-order valence-electron chi connectivity index (χ3n) is 7.05. The zero-order valence-electron chi connectivity index (χ0n) is 21.0. The van der Waals surface area contributed by atoms with E-state index < -0.39 is 0 Å². The average molecular weight is 452 g/mol. The number of hydrogen-bond acceptors (Lipinski definition) is 3. The third kappa shape index (κ3) is 4.75. The van der Waals surface area contributed by atoms with Gasteiger partial charge in [-0.25, -0.2) is 0 Å². The van der Waals surface area contributed by atoms with Crippen molar-refractivity contribution in [1.82, 2.24) is 0 Å². The normalized spacial score (nSPS) is 21.4. The molecule has 3 heteroatoms. The quantitative estimate of drug-likeness (QED) is 0.328. The molecule has 0 bridgehead atoms. The third-order valence-corrected chi connectivity index (χ3v) is 7.05. The maximum atomic E-state index is 6.14. The molecule has 4 rings (SSSR count). The Kier molecular flexibility index (Phi) is 6.56. The summed E-state index contributed by atoms with van der Waals surface area (Å²) >= 11 is 0. The maximum absolute atomic E-state index is 6.14. The van der Waals surface area contributed by atoms with Gasteiger partial charge in [-0.05, 0) is 82.5 Å². The predicted octanol–water partition coefficient (Wildman–Crippen LogP) is 6.98. The Labute approximate surface area is 204 Å². The molecule has 0 saturated carbocycles. The van der Waals surface area contributed by atoms with Gasteiger partial charge in [0.2, 0.25) is 0 Å². The number of rotatable bonds is 6. The van der Waals surface area contributed by atoms with Gasteiger partial charge in [-0.3, -0.25) is 0 Å². The minimum absolute atomic E-state index is 0.0755. The summed E-state index contributed by atoms with van der Waals surface area (Å²) in [5, 5.41) is 3.57. The number of nitrogens with one attached hydrogen (secondary N) is 1. The lowest BCUT2D eigenvalue weighted by Gasteiger charge is -2.27. The molecule has 0 amide bonds. The van der Waals surface area contributed by atoms with Gasteiger partial charge in [0.15, 0.2) is 0 Å². The van der Waals surface area contributed by atoms with Crippen LogP contribution in [-0.4, -0.2) is 6.54 Å². The van der Waals surface area contributed by atoms with Crippen LogP contribution in [0, 0.1) is 11.8 Å². The maximum Gasteiger partial charge on any atom is 0.0340 e. The highest BCUT2D eigenvalue weighted by molar-refractivity contribution is 5.92. The molecule has 0 aliphatic heterocycles.